The lowest BCUT2D eigenvalue weighted by atomic mass is 9.99. The van der Waals surface area contributed by atoms with Gasteiger partial charge in [0.25, 0.3) is 0 Å². The maximum Gasteiger partial charge on any atom is 0.416 e. The number of carboxylic acids is 1. The van der Waals surface area contributed by atoms with Gasteiger partial charge < -0.3 is 9.84 Å². The first-order valence-electron chi connectivity index (χ1n) is 10.8. The molecule has 0 bridgehead atoms. The fourth-order valence-corrected chi connectivity index (χ4v) is 4.06. The molecule has 3 nitrogen and oxygen atoms in total. The van der Waals surface area contributed by atoms with Crippen LogP contribution in [0.15, 0.2) is 72.3 Å². The van der Waals surface area contributed by atoms with Gasteiger partial charge in [0.05, 0.1) is 12.0 Å². The van der Waals surface area contributed by atoms with E-state index in [1.54, 1.807) is 0 Å². The molecule has 3 aromatic carbocycles. The van der Waals surface area contributed by atoms with Crippen LogP contribution < -0.4 is 4.74 Å². The van der Waals surface area contributed by atoms with Crippen molar-refractivity contribution >= 4 is 23.2 Å². The highest BCUT2D eigenvalue weighted by Crippen LogP contribution is 2.44. The Hall–Kier alpha value is -3.80. The second-order valence-electron chi connectivity index (χ2n) is 8.33. The first kappa shape index (κ1) is 23.4. The molecule has 6 heteroatoms. The zero-order valence-electron chi connectivity index (χ0n) is 18.7. The van der Waals surface area contributed by atoms with Gasteiger partial charge >= 0.3 is 12.1 Å². The summed E-state index contributed by atoms with van der Waals surface area (Å²) in [6, 6.07) is 18.4. The van der Waals surface area contributed by atoms with Crippen LogP contribution in [0.3, 0.4) is 0 Å². The Bertz CT molecular complexity index is 1280. The summed E-state index contributed by atoms with van der Waals surface area (Å²) < 4.78 is 43.7. The van der Waals surface area contributed by atoms with Crippen LogP contribution >= 0.6 is 0 Å². The minimum Gasteiger partial charge on any atom is -0.489 e. The van der Waals surface area contributed by atoms with E-state index < -0.39 is 17.7 Å². The van der Waals surface area contributed by atoms with Crippen LogP contribution in [0.1, 0.15) is 46.7 Å². The van der Waals surface area contributed by atoms with Crippen molar-refractivity contribution in [1.82, 2.24) is 0 Å². The van der Waals surface area contributed by atoms with E-state index in [1.807, 2.05) is 62.4 Å². The lowest BCUT2D eigenvalue weighted by Crippen LogP contribution is -2.04. The van der Waals surface area contributed by atoms with Crippen molar-refractivity contribution in [2.75, 3.05) is 0 Å². The number of halogens is 3. The summed E-state index contributed by atoms with van der Waals surface area (Å²) in [6.07, 6.45) is -2.36. The molecule has 34 heavy (non-hydrogen) atoms. The van der Waals surface area contributed by atoms with Crippen molar-refractivity contribution in [2.45, 2.75) is 33.1 Å². The van der Waals surface area contributed by atoms with Crippen LogP contribution in [-0.4, -0.2) is 11.1 Å². The fraction of sp³-hybridized carbons (Fsp3) is 0.179. The minimum absolute atomic E-state index is 0.0279. The molecule has 0 aromatic heterocycles. The largest absolute Gasteiger partial charge is 0.489 e. The van der Waals surface area contributed by atoms with Gasteiger partial charge in [-0.05, 0) is 83.2 Å². The van der Waals surface area contributed by atoms with Crippen LogP contribution in [0.5, 0.6) is 5.75 Å². The second kappa shape index (κ2) is 9.21. The molecular formula is C28H23F3O3. The summed E-state index contributed by atoms with van der Waals surface area (Å²) in [5.41, 5.74) is 6.97. The number of fused-ring (bicyclic) bond motifs is 1. The molecule has 0 radical (unpaired) electrons. The normalized spacial score (nSPS) is 14.4. The van der Waals surface area contributed by atoms with E-state index in [0.717, 1.165) is 56.7 Å². The standard InChI is InChI=1S/C28H23F3O3/c1-17-3-12-23-24(18(2)25(15-27(32)33)26(23)13-17)14-19-4-6-20(7-5-19)16-34-22-10-8-21(9-11-22)28(29,30)31/h3-14H,15-16H2,1-2H3,(H,32,33). The smallest absolute Gasteiger partial charge is 0.416 e. The lowest BCUT2D eigenvalue weighted by Gasteiger charge is -2.10. The SMILES string of the molecule is CC1=C(CC(=O)O)c2cc(C)ccc2C1=Cc1ccc(COc2ccc(C(F)(F)F)cc2)cc1. The van der Waals surface area contributed by atoms with Crippen LogP contribution in [0.4, 0.5) is 13.2 Å². The molecule has 0 saturated heterocycles. The molecular weight excluding hydrogens is 441 g/mol. The topological polar surface area (TPSA) is 46.5 Å². The van der Waals surface area contributed by atoms with E-state index in [0.29, 0.717) is 5.75 Å². The fourth-order valence-electron chi connectivity index (χ4n) is 4.06. The maximum atomic E-state index is 12.7. The quantitative estimate of drug-likeness (QED) is 0.414. The highest BCUT2D eigenvalue weighted by Gasteiger charge is 2.30. The van der Waals surface area contributed by atoms with Gasteiger partial charge in [0.15, 0.2) is 0 Å². The number of ether oxygens (including phenoxy) is 1. The van der Waals surface area contributed by atoms with Crippen molar-refractivity contribution in [3.8, 4) is 5.75 Å². The molecule has 0 heterocycles. The number of benzene rings is 3. The van der Waals surface area contributed by atoms with Gasteiger partial charge in [-0.1, -0.05) is 48.0 Å². The molecule has 0 fully saturated rings. The second-order valence-corrected chi connectivity index (χ2v) is 8.33. The van der Waals surface area contributed by atoms with Crippen LogP contribution in [0.2, 0.25) is 0 Å². The van der Waals surface area contributed by atoms with Gasteiger partial charge in [0, 0.05) is 0 Å². The molecule has 0 aliphatic heterocycles. The van der Waals surface area contributed by atoms with Crippen molar-refractivity contribution in [2.24, 2.45) is 0 Å². The number of aryl methyl sites for hydroxylation is 1. The van der Waals surface area contributed by atoms with Gasteiger partial charge in [0.1, 0.15) is 12.4 Å². The molecule has 174 valence electrons. The van der Waals surface area contributed by atoms with Gasteiger partial charge in [-0.25, -0.2) is 0 Å². The zero-order valence-corrected chi connectivity index (χ0v) is 18.7. The summed E-state index contributed by atoms with van der Waals surface area (Å²) in [5.74, 6) is -0.496. The molecule has 4 rings (SSSR count). The molecule has 0 amide bonds. The first-order chi connectivity index (χ1) is 16.1. The number of hydrogen-bond acceptors (Lipinski definition) is 2. The molecule has 3 aromatic rings. The van der Waals surface area contributed by atoms with Crippen LogP contribution in [-0.2, 0) is 17.6 Å². The average molecular weight is 464 g/mol. The van der Waals surface area contributed by atoms with Crippen molar-refractivity contribution < 1.29 is 27.8 Å². The summed E-state index contributed by atoms with van der Waals surface area (Å²) in [4.78, 5) is 11.4. The van der Waals surface area contributed by atoms with Crippen molar-refractivity contribution in [1.29, 1.82) is 0 Å². The van der Waals surface area contributed by atoms with Crippen LogP contribution in [0.25, 0.3) is 17.2 Å². The van der Waals surface area contributed by atoms with E-state index >= 15 is 0 Å². The summed E-state index contributed by atoms with van der Waals surface area (Å²) in [6.45, 7) is 4.17. The molecule has 0 unspecified atom stereocenters. The lowest BCUT2D eigenvalue weighted by molar-refractivity contribution is -0.138. The van der Waals surface area contributed by atoms with E-state index in [2.05, 4.69) is 0 Å². The Labute approximate surface area is 195 Å². The average Bonchev–Trinajstić information content (AvgIpc) is 3.03. The summed E-state index contributed by atoms with van der Waals surface area (Å²) in [5, 5.41) is 9.36. The Morgan fingerprint density at radius 1 is 0.941 bits per heavy atom. The van der Waals surface area contributed by atoms with E-state index in [9.17, 15) is 23.1 Å². The van der Waals surface area contributed by atoms with Crippen LogP contribution in [0, 0.1) is 6.92 Å². The number of aliphatic carboxylic acids is 1. The van der Waals surface area contributed by atoms with E-state index in [4.69, 9.17) is 4.74 Å². The monoisotopic (exact) mass is 464 g/mol. The Morgan fingerprint density at radius 2 is 1.62 bits per heavy atom. The third kappa shape index (κ3) is 5.06. The summed E-state index contributed by atoms with van der Waals surface area (Å²) in [7, 11) is 0. The highest BCUT2D eigenvalue weighted by molar-refractivity contribution is 6.07. The van der Waals surface area contributed by atoms with Crippen molar-refractivity contribution in [3.63, 3.8) is 0 Å². The molecule has 1 aliphatic rings. The zero-order chi connectivity index (χ0) is 24.5. The predicted octanol–water partition coefficient (Wildman–Crippen LogP) is 7.40. The molecule has 1 N–H and O–H groups in total. The Morgan fingerprint density at radius 3 is 2.24 bits per heavy atom. The number of carboxylic acid groups (broad SMARTS) is 1. The predicted molar refractivity (Wildman–Crippen MR) is 126 cm³/mol. The molecule has 0 atom stereocenters. The Balaban J connectivity index is 1.51. The number of carbonyl (C=O) groups is 1. The third-order valence-electron chi connectivity index (χ3n) is 5.85. The van der Waals surface area contributed by atoms with E-state index in [1.165, 1.54) is 12.1 Å². The number of rotatable bonds is 6. The highest BCUT2D eigenvalue weighted by atomic mass is 19.4. The van der Waals surface area contributed by atoms with Gasteiger partial charge in [-0.15, -0.1) is 0 Å². The third-order valence-corrected chi connectivity index (χ3v) is 5.85. The number of hydrogen-bond donors (Lipinski definition) is 1. The van der Waals surface area contributed by atoms with Gasteiger partial charge in [0.2, 0.25) is 0 Å². The van der Waals surface area contributed by atoms with Gasteiger partial charge in [-0.2, -0.15) is 13.2 Å². The first-order valence-corrected chi connectivity index (χ1v) is 10.8. The summed E-state index contributed by atoms with van der Waals surface area (Å²) >= 11 is 0. The molecule has 1 aliphatic carbocycles. The van der Waals surface area contributed by atoms with Crippen molar-refractivity contribution in [3.05, 3.63) is 106 Å². The van der Waals surface area contributed by atoms with Gasteiger partial charge in [-0.3, -0.25) is 4.79 Å². The maximum absolute atomic E-state index is 12.7. The van der Waals surface area contributed by atoms with E-state index in [-0.39, 0.29) is 13.0 Å². The number of alkyl halides is 3. The molecule has 0 spiro atoms. The minimum atomic E-state index is -4.37. The number of allylic oxidation sites excluding steroid dienone is 2. The molecule has 0 saturated carbocycles. The Kier molecular flexibility index (Phi) is 6.33.